The maximum atomic E-state index is 12.8. The molecule has 3 rings (SSSR count). The van der Waals surface area contributed by atoms with Crippen LogP contribution in [0.2, 0.25) is 0 Å². The number of halogens is 1. The van der Waals surface area contributed by atoms with Crippen molar-refractivity contribution in [3.63, 3.8) is 0 Å². The highest BCUT2D eigenvalue weighted by atomic mass is 79.9. The Morgan fingerprint density at radius 3 is 2.55 bits per heavy atom. The molecule has 0 amide bonds. The van der Waals surface area contributed by atoms with Crippen molar-refractivity contribution >= 4 is 25.8 Å². The van der Waals surface area contributed by atoms with E-state index >= 15 is 0 Å². The van der Waals surface area contributed by atoms with Gasteiger partial charge in [0.2, 0.25) is 9.84 Å². The topological polar surface area (TPSA) is 55.9 Å². The zero-order valence-corrected chi connectivity index (χ0v) is 14.4. The summed E-state index contributed by atoms with van der Waals surface area (Å²) in [5, 5.41) is 0. The van der Waals surface area contributed by atoms with Crippen LogP contribution in [0.5, 0.6) is 5.75 Å². The Balaban J connectivity index is 1.99. The van der Waals surface area contributed by atoms with Gasteiger partial charge in [0.15, 0.2) is 0 Å². The summed E-state index contributed by atoms with van der Waals surface area (Å²) in [6.45, 7) is 2.93. The number of benzene rings is 2. The minimum atomic E-state index is -3.62. The van der Waals surface area contributed by atoms with Gasteiger partial charge in [0.1, 0.15) is 23.4 Å². The van der Waals surface area contributed by atoms with Gasteiger partial charge in [0.25, 0.3) is 0 Å². The van der Waals surface area contributed by atoms with E-state index in [0.29, 0.717) is 19.0 Å². The molecule has 1 saturated heterocycles. The van der Waals surface area contributed by atoms with Crippen LogP contribution in [0.15, 0.2) is 56.7 Å². The Labute approximate surface area is 138 Å². The first-order valence-electron chi connectivity index (χ1n) is 6.82. The van der Waals surface area contributed by atoms with Gasteiger partial charge >= 0.3 is 0 Å². The van der Waals surface area contributed by atoms with Crippen molar-refractivity contribution in [3.8, 4) is 5.75 Å². The first kappa shape index (κ1) is 15.5. The van der Waals surface area contributed by atoms with Crippen LogP contribution in [0.1, 0.15) is 5.56 Å². The minimum absolute atomic E-state index is 0.0638. The molecule has 1 fully saturated rings. The molecule has 1 aliphatic rings. The SMILES string of the molecule is Cc1ccc(S(=O)(=O)c2ccc(Br)cc2OCC2CO2)cc1. The monoisotopic (exact) mass is 382 g/mol. The molecule has 0 bridgehead atoms. The van der Waals surface area contributed by atoms with Crippen LogP contribution in [0.3, 0.4) is 0 Å². The quantitative estimate of drug-likeness (QED) is 0.743. The average Bonchev–Trinajstić information content (AvgIpc) is 3.29. The van der Waals surface area contributed by atoms with Crippen LogP contribution in [0.25, 0.3) is 0 Å². The van der Waals surface area contributed by atoms with E-state index in [4.69, 9.17) is 9.47 Å². The fourth-order valence-electron chi connectivity index (χ4n) is 2.01. The number of ether oxygens (including phenoxy) is 2. The lowest BCUT2D eigenvalue weighted by molar-refractivity contribution is 0.258. The van der Waals surface area contributed by atoms with E-state index in [0.717, 1.165) is 10.0 Å². The molecule has 22 heavy (non-hydrogen) atoms. The minimum Gasteiger partial charge on any atom is -0.489 e. The number of epoxide rings is 1. The van der Waals surface area contributed by atoms with Crippen molar-refractivity contribution in [2.24, 2.45) is 0 Å². The van der Waals surface area contributed by atoms with Gasteiger partial charge in [-0.3, -0.25) is 0 Å². The molecule has 0 aliphatic carbocycles. The lowest BCUT2D eigenvalue weighted by atomic mass is 10.2. The predicted molar refractivity (Wildman–Crippen MR) is 86.0 cm³/mol. The molecule has 0 radical (unpaired) electrons. The van der Waals surface area contributed by atoms with Crippen LogP contribution >= 0.6 is 15.9 Å². The molecular weight excluding hydrogens is 368 g/mol. The van der Waals surface area contributed by atoms with E-state index < -0.39 is 9.84 Å². The van der Waals surface area contributed by atoms with Gasteiger partial charge in [-0.1, -0.05) is 33.6 Å². The second-order valence-corrected chi connectivity index (χ2v) is 8.01. The molecule has 116 valence electrons. The van der Waals surface area contributed by atoms with Gasteiger partial charge in [-0.05, 0) is 37.3 Å². The maximum Gasteiger partial charge on any atom is 0.210 e. The summed E-state index contributed by atoms with van der Waals surface area (Å²) < 4.78 is 37.1. The molecule has 0 spiro atoms. The summed E-state index contributed by atoms with van der Waals surface area (Å²) in [6.07, 6.45) is 0.0638. The predicted octanol–water partition coefficient (Wildman–Crippen LogP) is 3.37. The van der Waals surface area contributed by atoms with Crippen molar-refractivity contribution in [2.75, 3.05) is 13.2 Å². The van der Waals surface area contributed by atoms with E-state index in [1.807, 2.05) is 6.92 Å². The third-order valence-electron chi connectivity index (χ3n) is 3.35. The molecule has 1 aliphatic heterocycles. The molecule has 0 saturated carbocycles. The Kier molecular flexibility index (Phi) is 4.25. The van der Waals surface area contributed by atoms with Crippen LogP contribution in [-0.4, -0.2) is 27.7 Å². The molecule has 0 aromatic heterocycles. The third-order valence-corrected chi connectivity index (χ3v) is 5.66. The van der Waals surface area contributed by atoms with E-state index in [1.165, 1.54) is 0 Å². The Morgan fingerprint density at radius 1 is 1.23 bits per heavy atom. The number of hydrogen-bond acceptors (Lipinski definition) is 4. The van der Waals surface area contributed by atoms with E-state index in [9.17, 15) is 8.42 Å². The van der Waals surface area contributed by atoms with E-state index in [-0.39, 0.29) is 15.9 Å². The normalized spacial score (nSPS) is 17.3. The van der Waals surface area contributed by atoms with Crippen molar-refractivity contribution < 1.29 is 17.9 Å². The molecule has 2 aromatic rings. The lowest BCUT2D eigenvalue weighted by Crippen LogP contribution is -2.09. The molecule has 6 heteroatoms. The highest BCUT2D eigenvalue weighted by Crippen LogP contribution is 2.32. The summed E-state index contributed by atoms with van der Waals surface area (Å²) in [7, 11) is -3.62. The van der Waals surface area contributed by atoms with Gasteiger partial charge in [0.05, 0.1) is 11.5 Å². The molecular formula is C16H15BrO4S. The zero-order valence-electron chi connectivity index (χ0n) is 12.0. The largest absolute Gasteiger partial charge is 0.489 e. The summed E-state index contributed by atoms with van der Waals surface area (Å²) in [5.74, 6) is 0.338. The zero-order chi connectivity index (χ0) is 15.7. The Bertz CT molecular complexity index is 780. The summed E-state index contributed by atoms with van der Waals surface area (Å²) in [5.41, 5.74) is 1.01. The number of rotatable bonds is 5. The second-order valence-electron chi connectivity index (χ2n) is 5.17. The van der Waals surface area contributed by atoms with Gasteiger partial charge in [0, 0.05) is 4.47 Å². The van der Waals surface area contributed by atoms with Gasteiger partial charge in [-0.25, -0.2) is 8.42 Å². The molecule has 1 atom stereocenters. The Hall–Kier alpha value is -1.37. The molecule has 0 N–H and O–H groups in total. The van der Waals surface area contributed by atoms with Crippen LogP contribution in [0, 0.1) is 6.92 Å². The van der Waals surface area contributed by atoms with Gasteiger partial charge in [-0.15, -0.1) is 0 Å². The highest BCUT2D eigenvalue weighted by molar-refractivity contribution is 9.10. The summed E-state index contributed by atoms with van der Waals surface area (Å²) in [6, 6.07) is 11.7. The van der Waals surface area contributed by atoms with Crippen LogP contribution < -0.4 is 4.74 Å². The number of aryl methyl sites for hydroxylation is 1. The summed E-state index contributed by atoms with van der Waals surface area (Å²) >= 11 is 3.35. The molecule has 4 nitrogen and oxygen atoms in total. The Morgan fingerprint density at radius 2 is 1.91 bits per heavy atom. The van der Waals surface area contributed by atoms with E-state index in [1.54, 1.807) is 42.5 Å². The number of sulfone groups is 1. The van der Waals surface area contributed by atoms with Crippen LogP contribution in [0.4, 0.5) is 0 Å². The summed E-state index contributed by atoms with van der Waals surface area (Å²) in [4.78, 5) is 0.424. The van der Waals surface area contributed by atoms with Crippen LogP contribution in [-0.2, 0) is 14.6 Å². The first-order valence-corrected chi connectivity index (χ1v) is 9.10. The highest BCUT2D eigenvalue weighted by Gasteiger charge is 2.26. The lowest BCUT2D eigenvalue weighted by Gasteiger charge is -2.12. The fraction of sp³-hybridized carbons (Fsp3) is 0.250. The molecule has 1 unspecified atom stereocenters. The van der Waals surface area contributed by atoms with E-state index in [2.05, 4.69) is 15.9 Å². The number of hydrogen-bond donors (Lipinski definition) is 0. The second kappa shape index (κ2) is 6.02. The van der Waals surface area contributed by atoms with Crippen molar-refractivity contribution in [2.45, 2.75) is 22.8 Å². The smallest absolute Gasteiger partial charge is 0.210 e. The van der Waals surface area contributed by atoms with Crippen molar-refractivity contribution in [1.29, 1.82) is 0 Å². The fourth-order valence-corrected chi connectivity index (χ4v) is 3.73. The maximum absolute atomic E-state index is 12.8. The van der Waals surface area contributed by atoms with Gasteiger partial charge < -0.3 is 9.47 Å². The first-order chi connectivity index (χ1) is 10.5. The average molecular weight is 383 g/mol. The van der Waals surface area contributed by atoms with Gasteiger partial charge in [-0.2, -0.15) is 0 Å². The third kappa shape index (κ3) is 3.34. The standard InChI is InChI=1S/C16H15BrO4S/c1-11-2-5-14(6-3-11)22(18,19)16-7-4-12(17)8-15(16)21-10-13-9-20-13/h2-8,13H,9-10H2,1H3. The molecule has 2 aromatic carbocycles. The molecule has 1 heterocycles. The van der Waals surface area contributed by atoms with Crippen molar-refractivity contribution in [1.82, 2.24) is 0 Å². The van der Waals surface area contributed by atoms with Crippen molar-refractivity contribution in [3.05, 3.63) is 52.5 Å².